The van der Waals surface area contributed by atoms with E-state index in [4.69, 9.17) is 18.5 Å². The Balaban J connectivity index is 4.40. The van der Waals surface area contributed by atoms with Crippen molar-refractivity contribution < 1.29 is 42.1 Å². The third-order valence-electron chi connectivity index (χ3n) is 9.38. The first-order valence-electron chi connectivity index (χ1n) is 22.2. The average molecular weight is 798 g/mol. The van der Waals surface area contributed by atoms with Crippen LogP contribution in [0.5, 0.6) is 0 Å². The van der Waals surface area contributed by atoms with Crippen molar-refractivity contribution in [1.29, 1.82) is 0 Å². The van der Waals surface area contributed by atoms with Crippen LogP contribution >= 0.6 is 7.82 Å². The van der Waals surface area contributed by atoms with Crippen LogP contribution in [0.3, 0.4) is 0 Å². The number of rotatable bonds is 40. The average Bonchev–Trinajstić information content (AvgIpc) is 3.13. The molecule has 0 aromatic rings. The molecule has 0 aromatic heterocycles. The first-order valence-corrected chi connectivity index (χ1v) is 23.7. The number of quaternary nitrogens is 1. The van der Waals surface area contributed by atoms with Gasteiger partial charge >= 0.3 is 11.9 Å². The molecule has 0 saturated carbocycles. The van der Waals surface area contributed by atoms with Gasteiger partial charge in [0.15, 0.2) is 6.10 Å². The Kier molecular flexibility index (Phi) is 36.6. The molecule has 0 aliphatic carbocycles. The van der Waals surface area contributed by atoms with Gasteiger partial charge in [-0.05, 0) is 70.6 Å². The minimum Gasteiger partial charge on any atom is -0.756 e. The standard InChI is InChI=1S/C45H84NO8P/c1-6-8-10-12-14-16-18-20-22-24-26-28-30-32-34-36-38-45(48)54-43(42-53-55(49,50)52-40-39-46(3,4)5)41-51-44(47)37-35-33-31-29-27-25-23-21-19-17-15-13-11-9-7-2/h16,18,21-24,43H,6-15,17,19-20,25-42H2,1-5H3/b18-16-,23-21-,24-22-. The Labute approximate surface area is 338 Å². The lowest BCUT2D eigenvalue weighted by molar-refractivity contribution is -0.870. The van der Waals surface area contributed by atoms with Crippen LogP contribution in [0.4, 0.5) is 0 Å². The Hall–Kier alpha value is -1.77. The minimum atomic E-state index is -4.63. The molecular weight excluding hydrogens is 713 g/mol. The summed E-state index contributed by atoms with van der Waals surface area (Å²) in [5, 5.41) is 0. The molecule has 2 atom stereocenters. The van der Waals surface area contributed by atoms with E-state index in [1.54, 1.807) is 0 Å². The van der Waals surface area contributed by atoms with E-state index in [1.165, 1.54) is 77.0 Å². The molecule has 0 amide bonds. The van der Waals surface area contributed by atoms with Crippen LogP contribution in [0.25, 0.3) is 0 Å². The number of unbranched alkanes of at least 4 members (excludes halogenated alkanes) is 20. The number of phosphoric acid groups is 1. The second-order valence-corrected chi connectivity index (χ2v) is 17.5. The summed E-state index contributed by atoms with van der Waals surface area (Å²) < 4.78 is 33.9. The lowest BCUT2D eigenvalue weighted by Crippen LogP contribution is -2.37. The quantitative estimate of drug-likeness (QED) is 0.0198. The molecule has 0 rings (SSSR count). The molecule has 0 N–H and O–H groups in total. The minimum absolute atomic E-state index is 0.0352. The number of ether oxygens (including phenoxy) is 2. The number of carbonyl (C=O) groups excluding carboxylic acids is 2. The van der Waals surface area contributed by atoms with Gasteiger partial charge in [0.25, 0.3) is 7.82 Å². The molecule has 0 fully saturated rings. The van der Waals surface area contributed by atoms with Gasteiger partial charge in [0.2, 0.25) is 0 Å². The number of esters is 2. The Bertz CT molecular complexity index is 1040. The van der Waals surface area contributed by atoms with Gasteiger partial charge in [-0.25, -0.2) is 0 Å². The summed E-state index contributed by atoms with van der Waals surface area (Å²) in [6.07, 6.45) is 41.6. The smallest absolute Gasteiger partial charge is 0.306 e. The second kappa shape index (κ2) is 37.8. The van der Waals surface area contributed by atoms with Crippen LogP contribution in [0.15, 0.2) is 36.5 Å². The summed E-state index contributed by atoms with van der Waals surface area (Å²) in [6, 6.07) is 0. The van der Waals surface area contributed by atoms with Gasteiger partial charge < -0.3 is 27.9 Å². The number of phosphoric ester groups is 1. The maximum absolute atomic E-state index is 12.7. The van der Waals surface area contributed by atoms with Crippen LogP contribution in [-0.2, 0) is 32.7 Å². The van der Waals surface area contributed by atoms with E-state index in [1.807, 2.05) is 21.1 Å². The maximum Gasteiger partial charge on any atom is 0.306 e. The first-order chi connectivity index (χ1) is 26.5. The molecule has 0 bridgehead atoms. The molecule has 55 heavy (non-hydrogen) atoms. The monoisotopic (exact) mass is 798 g/mol. The second-order valence-electron chi connectivity index (χ2n) is 16.1. The molecule has 0 saturated heterocycles. The van der Waals surface area contributed by atoms with Gasteiger partial charge in [0.1, 0.15) is 19.8 Å². The molecule has 0 radical (unpaired) electrons. The number of allylic oxidation sites excluding steroid dienone is 6. The van der Waals surface area contributed by atoms with Gasteiger partial charge in [-0.2, -0.15) is 0 Å². The SMILES string of the molecule is CCCCCC/C=C\C/C=C\CCCCCCCC(=O)OC(COC(=O)CCCCCCC/C=C\CCCCCCCC)COP(=O)([O-])OCC[N+](C)(C)C. The largest absolute Gasteiger partial charge is 0.756 e. The van der Waals surface area contributed by atoms with Crippen LogP contribution in [0, 0.1) is 0 Å². The summed E-state index contributed by atoms with van der Waals surface area (Å²) in [5.74, 6) is -0.859. The first kappa shape index (κ1) is 53.2. The zero-order valence-corrected chi connectivity index (χ0v) is 37.0. The Morgan fingerprint density at radius 3 is 1.47 bits per heavy atom. The highest BCUT2D eigenvalue weighted by Crippen LogP contribution is 2.38. The number of hydrogen-bond acceptors (Lipinski definition) is 8. The topological polar surface area (TPSA) is 111 Å². The molecule has 0 aliphatic heterocycles. The maximum atomic E-state index is 12.7. The van der Waals surface area contributed by atoms with E-state index in [0.29, 0.717) is 17.4 Å². The molecule has 0 heterocycles. The van der Waals surface area contributed by atoms with Gasteiger partial charge in [-0.15, -0.1) is 0 Å². The normalized spacial score (nSPS) is 13.9. The molecule has 0 aromatic carbocycles. The van der Waals surface area contributed by atoms with E-state index in [2.05, 4.69) is 50.3 Å². The van der Waals surface area contributed by atoms with Crippen molar-refractivity contribution in [1.82, 2.24) is 0 Å². The van der Waals surface area contributed by atoms with Crippen molar-refractivity contribution >= 4 is 19.8 Å². The van der Waals surface area contributed by atoms with Gasteiger partial charge in [-0.3, -0.25) is 14.2 Å². The molecule has 2 unspecified atom stereocenters. The third-order valence-corrected chi connectivity index (χ3v) is 10.3. The van der Waals surface area contributed by atoms with E-state index in [9.17, 15) is 19.0 Å². The lowest BCUT2D eigenvalue weighted by atomic mass is 10.1. The third kappa shape index (κ3) is 41.7. The zero-order valence-electron chi connectivity index (χ0n) is 36.1. The lowest BCUT2D eigenvalue weighted by Gasteiger charge is -2.28. The summed E-state index contributed by atoms with van der Waals surface area (Å²) in [7, 11) is 1.15. The van der Waals surface area contributed by atoms with Crippen LogP contribution in [-0.4, -0.2) is 70.0 Å². The van der Waals surface area contributed by atoms with Crippen molar-refractivity contribution in [3.8, 4) is 0 Å². The van der Waals surface area contributed by atoms with Crippen molar-refractivity contribution in [2.45, 2.75) is 193 Å². The highest BCUT2D eigenvalue weighted by atomic mass is 31.2. The molecule has 322 valence electrons. The van der Waals surface area contributed by atoms with Crippen LogP contribution in [0.2, 0.25) is 0 Å². The fourth-order valence-electron chi connectivity index (χ4n) is 5.85. The Morgan fingerprint density at radius 2 is 0.982 bits per heavy atom. The fraction of sp³-hybridized carbons (Fsp3) is 0.822. The van der Waals surface area contributed by atoms with Crippen molar-refractivity contribution in [2.75, 3.05) is 47.5 Å². The molecule has 9 nitrogen and oxygen atoms in total. The number of carbonyl (C=O) groups is 2. The number of nitrogens with zero attached hydrogens (tertiary/aromatic N) is 1. The van der Waals surface area contributed by atoms with Crippen molar-refractivity contribution in [3.63, 3.8) is 0 Å². The number of hydrogen-bond donors (Lipinski definition) is 0. The molecule has 0 aliphatic rings. The Morgan fingerprint density at radius 1 is 0.564 bits per heavy atom. The van der Waals surface area contributed by atoms with E-state index in [-0.39, 0.29) is 26.1 Å². The van der Waals surface area contributed by atoms with Gasteiger partial charge in [0.05, 0.1) is 27.7 Å². The number of likely N-dealkylation sites (N-methyl/N-ethyl adjacent to an activating group) is 1. The van der Waals surface area contributed by atoms with E-state index in [0.717, 1.165) is 77.0 Å². The molecule has 0 spiro atoms. The zero-order chi connectivity index (χ0) is 40.7. The summed E-state index contributed by atoms with van der Waals surface area (Å²) >= 11 is 0. The summed E-state index contributed by atoms with van der Waals surface area (Å²) in [6.45, 7) is 4.18. The predicted octanol–water partition coefficient (Wildman–Crippen LogP) is 11.9. The van der Waals surface area contributed by atoms with Gasteiger partial charge in [-0.1, -0.05) is 140 Å². The van der Waals surface area contributed by atoms with E-state index < -0.39 is 32.5 Å². The summed E-state index contributed by atoms with van der Waals surface area (Å²) in [5.41, 5.74) is 0. The highest BCUT2D eigenvalue weighted by molar-refractivity contribution is 7.45. The molecular formula is C45H84NO8P. The van der Waals surface area contributed by atoms with Crippen molar-refractivity contribution in [2.24, 2.45) is 0 Å². The van der Waals surface area contributed by atoms with Gasteiger partial charge in [0, 0.05) is 12.8 Å². The van der Waals surface area contributed by atoms with Crippen LogP contribution in [0.1, 0.15) is 187 Å². The van der Waals surface area contributed by atoms with Crippen LogP contribution < -0.4 is 4.89 Å². The molecule has 10 heteroatoms. The summed E-state index contributed by atoms with van der Waals surface area (Å²) in [4.78, 5) is 37.5. The fourth-order valence-corrected chi connectivity index (χ4v) is 6.58. The van der Waals surface area contributed by atoms with Crippen molar-refractivity contribution in [3.05, 3.63) is 36.5 Å². The van der Waals surface area contributed by atoms with E-state index >= 15 is 0 Å². The predicted molar refractivity (Wildman–Crippen MR) is 227 cm³/mol. The highest BCUT2D eigenvalue weighted by Gasteiger charge is 2.21.